The number of benzene rings is 1. The Bertz CT molecular complexity index is 1210. The number of nitro groups is 1. The smallest absolute Gasteiger partial charge is 0.465 e. The first-order chi connectivity index (χ1) is 32.2. The van der Waals surface area contributed by atoms with Gasteiger partial charge in [-0.25, -0.2) is 4.79 Å². The molecule has 0 atom stereocenters. The minimum absolute atomic E-state index is 0.00724. The number of ether oxygens (including phenoxy) is 4. The fourth-order valence-electron chi connectivity index (χ4n) is 8.84. The third kappa shape index (κ3) is 35.0. The van der Waals surface area contributed by atoms with Gasteiger partial charge in [-0.2, -0.15) is 0 Å². The van der Waals surface area contributed by atoms with Crippen molar-refractivity contribution in [3.8, 4) is 5.75 Å². The highest BCUT2D eigenvalue weighted by Crippen LogP contribution is 2.24. The van der Waals surface area contributed by atoms with Gasteiger partial charge in [0.2, 0.25) is 0 Å². The Labute approximate surface area is 403 Å². The Morgan fingerprint density at radius 2 is 0.742 bits per heavy atom. The average molecular weight is 930 g/mol. The topological polar surface area (TPSA) is 131 Å². The minimum atomic E-state index is -0.819. The second-order valence-corrected chi connectivity index (χ2v) is 19.2. The third-order valence-corrected chi connectivity index (χ3v) is 13.1. The van der Waals surface area contributed by atoms with Gasteiger partial charge in [0.05, 0.1) is 30.0 Å². The van der Waals surface area contributed by atoms with Gasteiger partial charge in [0.15, 0.2) is 0 Å². The van der Waals surface area contributed by atoms with Crippen LogP contribution in [0.2, 0.25) is 0 Å². The molecule has 1 aromatic rings. The van der Waals surface area contributed by atoms with Crippen LogP contribution in [-0.4, -0.2) is 42.3 Å². The van der Waals surface area contributed by atoms with Crippen molar-refractivity contribution < 1.29 is 38.3 Å². The molecule has 0 aliphatic rings. The Kier molecular flexibility index (Phi) is 40.9. The number of non-ortho nitro benzene ring substituents is 1. The van der Waals surface area contributed by atoms with Gasteiger partial charge in [-0.3, -0.25) is 19.7 Å². The van der Waals surface area contributed by atoms with E-state index in [2.05, 4.69) is 27.7 Å². The van der Waals surface area contributed by atoms with Crippen LogP contribution >= 0.6 is 0 Å². The minimum Gasteiger partial charge on any atom is -0.465 e. The van der Waals surface area contributed by atoms with Crippen molar-refractivity contribution in [3.05, 3.63) is 34.4 Å². The second kappa shape index (κ2) is 44.3. The monoisotopic (exact) mass is 930 g/mol. The number of hydrogen-bond donors (Lipinski definition) is 0. The summed E-state index contributed by atoms with van der Waals surface area (Å²) in [6, 6.07) is 5.38. The van der Waals surface area contributed by atoms with Crippen LogP contribution in [0, 0.1) is 22.0 Å². The molecule has 1 rings (SSSR count). The number of rotatable bonds is 47. The van der Waals surface area contributed by atoms with Gasteiger partial charge in [0, 0.05) is 12.1 Å². The Morgan fingerprint density at radius 3 is 1.08 bits per heavy atom. The van der Waals surface area contributed by atoms with Crippen molar-refractivity contribution in [1.82, 2.24) is 0 Å². The molecule has 0 saturated heterocycles. The predicted molar refractivity (Wildman–Crippen MR) is 271 cm³/mol. The summed E-state index contributed by atoms with van der Waals surface area (Å²) < 4.78 is 22.9. The molecule has 0 bridgehead atoms. The number of carbonyl (C=O) groups excluding carboxylic acids is 3. The maximum absolute atomic E-state index is 13.2. The quantitative estimate of drug-likeness (QED) is 0.0156. The normalized spacial score (nSPS) is 11.4. The van der Waals surface area contributed by atoms with Crippen LogP contribution in [-0.2, 0) is 23.8 Å². The van der Waals surface area contributed by atoms with E-state index in [-0.39, 0.29) is 41.3 Å². The fraction of sp³-hybridized carbons (Fsp3) is 0.839. The molecule has 66 heavy (non-hydrogen) atoms. The number of esters is 2. The fourth-order valence-corrected chi connectivity index (χ4v) is 8.84. The highest BCUT2D eigenvalue weighted by molar-refractivity contribution is 5.72. The maximum atomic E-state index is 13.2. The third-order valence-electron chi connectivity index (χ3n) is 13.1. The first-order valence-electron chi connectivity index (χ1n) is 27.7. The van der Waals surface area contributed by atoms with E-state index < -0.39 is 11.1 Å². The summed E-state index contributed by atoms with van der Waals surface area (Å²) in [5.74, 6) is 0.161. The van der Waals surface area contributed by atoms with Gasteiger partial charge >= 0.3 is 18.1 Å². The Morgan fingerprint density at radius 1 is 0.439 bits per heavy atom. The summed E-state index contributed by atoms with van der Waals surface area (Å²) in [7, 11) is 0. The van der Waals surface area contributed by atoms with Crippen LogP contribution in [0.4, 0.5) is 10.5 Å². The molecular formula is C56H99NO9. The van der Waals surface area contributed by atoms with Crippen LogP contribution in [0.15, 0.2) is 24.3 Å². The van der Waals surface area contributed by atoms with E-state index in [1.54, 1.807) is 0 Å². The average Bonchev–Trinajstić information content (AvgIpc) is 3.31. The molecule has 1 aromatic carbocycles. The Hall–Kier alpha value is -3.17. The van der Waals surface area contributed by atoms with Gasteiger partial charge < -0.3 is 18.9 Å². The lowest BCUT2D eigenvalue weighted by Crippen LogP contribution is -2.21. The molecule has 0 spiro atoms. The molecule has 0 radical (unpaired) electrons. The summed E-state index contributed by atoms with van der Waals surface area (Å²) in [6.07, 6.45) is 40.3. The number of unbranched alkanes of at least 4 members (excludes halogenated alkanes) is 26. The molecule has 0 unspecified atom stereocenters. The number of hydrogen-bond acceptors (Lipinski definition) is 9. The van der Waals surface area contributed by atoms with Crippen LogP contribution in [0.5, 0.6) is 5.75 Å². The summed E-state index contributed by atoms with van der Waals surface area (Å²) in [6.45, 7) is 9.83. The zero-order valence-electron chi connectivity index (χ0n) is 42.9. The van der Waals surface area contributed by atoms with Crippen molar-refractivity contribution in [1.29, 1.82) is 0 Å². The second-order valence-electron chi connectivity index (χ2n) is 19.2. The molecule has 10 heteroatoms. The summed E-state index contributed by atoms with van der Waals surface area (Å²) in [5, 5.41) is 11.1. The van der Waals surface area contributed by atoms with Crippen LogP contribution in [0.3, 0.4) is 0 Å². The largest absolute Gasteiger partial charge is 0.514 e. The zero-order chi connectivity index (χ0) is 48.1. The van der Waals surface area contributed by atoms with Gasteiger partial charge in [-0.05, 0) is 76.3 Å². The molecule has 0 amide bonds. The molecule has 0 aromatic heterocycles. The summed E-state index contributed by atoms with van der Waals surface area (Å²) in [5.41, 5.74) is -0.0829. The maximum Gasteiger partial charge on any atom is 0.514 e. The van der Waals surface area contributed by atoms with Crippen LogP contribution in [0.25, 0.3) is 0 Å². The van der Waals surface area contributed by atoms with Gasteiger partial charge in [-0.15, -0.1) is 0 Å². The molecule has 0 saturated carbocycles. The lowest BCUT2D eigenvalue weighted by Gasteiger charge is -2.18. The summed E-state index contributed by atoms with van der Waals surface area (Å²) in [4.78, 5) is 49.8. The van der Waals surface area contributed by atoms with Crippen LogP contribution < -0.4 is 4.74 Å². The van der Waals surface area contributed by atoms with E-state index >= 15 is 0 Å². The molecule has 0 aliphatic heterocycles. The predicted octanol–water partition coefficient (Wildman–Crippen LogP) is 17.7. The molecule has 382 valence electrons. The zero-order valence-corrected chi connectivity index (χ0v) is 42.9. The molecule has 0 heterocycles. The van der Waals surface area contributed by atoms with Crippen molar-refractivity contribution in [2.75, 3.05) is 13.2 Å². The van der Waals surface area contributed by atoms with E-state index in [4.69, 9.17) is 18.9 Å². The number of nitro benzene ring substituents is 1. The highest BCUT2D eigenvalue weighted by atomic mass is 16.7. The Balaban J connectivity index is 2.60. The van der Waals surface area contributed by atoms with Gasteiger partial charge in [0.1, 0.15) is 11.9 Å². The van der Waals surface area contributed by atoms with Crippen molar-refractivity contribution >= 4 is 23.8 Å². The molecule has 0 N–H and O–H groups in total. The molecule has 10 nitrogen and oxygen atoms in total. The van der Waals surface area contributed by atoms with E-state index in [1.807, 2.05) is 0 Å². The standard InChI is InChI=1S/C56H99NO9/c1-5-9-13-17-21-29-37-49(38-30-22-18-14-10-6-2)54(58)63-47-35-27-25-33-41-52(65-56(60)66-53-45-43-51(44-46-53)57(61)62)42-34-26-28-36-48-64-55(59)50(39-31-23-19-15-11-7-3)40-32-24-20-16-12-8-4/h43-46,49-50,52H,5-42,47-48H2,1-4H3. The molecular weight excluding hydrogens is 831 g/mol. The lowest BCUT2D eigenvalue weighted by atomic mass is 9.94. The van der Waals surface area contributed by atoms with Gasteiger partial charge in [0.25, 0.3) is 5.69 Å². The van der Waals surface area contributed by atoms with Crippen molar-refractivity contribution in [2.45, 2.75) is 278 Å². The summed E-state index contributed by atoms with van der Waals surface area (Å²) >= 11 is 0. The molecule has 0 fully saturated rings. The van der Waals surface area contributed by atoms with Crippen molar-refractivity contribution in [3.63, 3.8) is 0 Å². The van der Waals surface area contributed by atoms with E-state index in [9.17, 15) is 24.5 Å². The van der Waals surface area contributed by atoms with Crippen LogP contribution in [0.1, 0.15) is 272 Å². The highest BCUT2D eigenvalue weighted by Gasteiger charge is 2.21. The van der Waals surface area contributed by atoms with E-state index in [0.29, 0.717) is 26.1 Å². The van der Waals surface area contributed by atoms with E-state index in [1.165, 1.54) is 153 Å². The van der Waals surface area contributed by atoms with E-state index in [0.717, 1.165) is 103 Å². The van der Waals surface area contributed by atoms with Gasteiger partial charge in [-0.1, -0.05) is 207 Å². The first kappa shape index (κ1) is 60.8. The van der Waals surface area contributed by atoms with Crippen molar-refractivity contribution in [2.24, 2.45) is 11.8 Å². The number of nitrogens with zero attached hydrogens (tertiary/aromatic N) is 1. The lowest BCUT2D eigenvalue weighted by molar-refractivity contribution is -0.384. The SMILES string of the molecule is CCCCCCCCC(CCCCCCCC)C(=O)OCCCCCCC(CCCCCCOC(=O)C(CCCCCCCC)CCCCCCCC)OC(=O)Oc1ccc([N+](=O)[O-])cc1. The first-order valence-corrected chi connectivity index (χ1v) is 27.7. The molecule has 0 aliphatic carbocycles. The number of carbonyl (C=O) groups is 3.